The van der Waals surface area contributed by atoms with E-state index in [-0.39, 0.29) is 47.4 Å². The maximum Gasteiger partial charge on any atom is 0.319 e. The topological polar surface area (TPSA) is 93.1 Å². The van der Waals surface area contributed by atoms with Gasteiger partial charge < -0.3 is 24.2 Å². The molecule has 9 nitrogen and oxygen atoms in total. The van der Waals surface area contributed by atoms with Gasteiger partial charge in [0.25, 0.3) is 0 Å². The maximum absolute atomic E-state index is 17.2. The summed E-state index contributed by atoms with van der Waals surface area (Å²) in [5, 5.41) is 12.4. The number of aromatic nitrogens is 3. The Balaban J connectivity index is 1.27. The minimum absolute atomic E-state index is 0.00132. The molecular formula is C38H43F2N5O4. The van der Waals surface area contributed by atoms with Gasteiger partial charge in [0.15, 0.2) is 12.6 Å². The van der Waals surface area contributed by atoms with Crippen LogP contribution in [0.4, 0.5) is 14.6 Å². The number of methoxy groups -OCH3 is 1. The summed E-state index contributed by atoms with van der Waals surface area (Å²) in [6, 6.07) is 6.71. The number of rotatable bonds is 9. The van der Waals surface area contributed by atoms with Crippen LogP contribution in [0, 0.1) is 23.5 Å². The molecule has 2 aromatic heterocycles. The SMILES string of the molecule is C/C=C1/CN2CCCC2(COc2nc(N3CC4CC(O)C(C4)C3)c3cnc(-c4cc(OCOC)cc5ccc(F)c(CC)c45)c(F)c3n2)C1. The predicted octanol–water partition coefficient (Wildman–Crippen LogP) is 6.44. The first-order valence-electron chi connectivity index (χ1n) is 17.5. The minimum atomic E-state index is -0.639. The molecule has 49 heavy (non-hydrogen) atoms. The van der Waals surface area contributed by atoms with Crippen molar-refractivity contribution in [3.05, 3.63) is 59.3 Å². The van der Waals surface area contributed by atoms with E-state index in [1.165, 1.54) is 18.7 Å². The van der Waals surface area contributed by atoms with Crippen molar-refractivity contribution in [2.75, 3.05) is 51.6 Å². The van der Waals surface area contributed by atoms with Gasteiger partial charge in [0.2, 0.25) is 0 Å². The number of aliphatic hydroxyl groups excluding tert-OH is 1. The standard InChI is InChI=1S/C38H43F2N5O4/c1-4-22-15-38(9-6-10-45(38)18-22)20-48-37-42-35-29(36(43-37)44-17-23-11-25(19-44)31(46)12-23)16-41-34(33(35)40)28-14-26(49-21-47-3)13-24-7-8-30(39)27(5-2)32(24)28/h4,7-8,13-14,16,23,25,31,46H,5-6,9-12,15,17-21H2,1-3H3/b22-4+. The van der Waals surface area contributed by atoms with E-state index in [0.717, 1.165) is 45.2 Å². The summed E-state index contributed by atoms with van der Waals surface area (Å²) in [7, 11) is 1.53. The average molecular weight is 672 g/mol. The van der Waals surface area contributed by atoms with Gasteiger partial charge in [0.1, 0.15) is 35.2 Å². The van der Waals surface area contributed by atoms with Crippen molar-refractivity contribution in [2.24, 2.45) is 11.8 Å². The second-order valence-electron chi connectivity index (χ2n) is 14.2. The van der Waals surface area contributed by atoms with Crippen molar-refractivity contribution < 1.29 is 28.1 Å². The van der Waals surface area contributed by atoms with Gasteiger partial charge in [-0.15, -0.1) is 0 Å². The molecular weight excluding hydrogens is 628 g/mol. The molecule has 0 spiro atoms. The summed E-state index contributed by atoms with van der Waals surface area (Å²) in [5.41, 5.74) is 2.29. The molecule has 258 valence electrons. The fourth-order valence-corrected chi connectivity index (χ4v) is 8.92. The first kappa shape index (κ1) is 32.3. The van der Waals surface area contributed by atoms with Gasteiger partial charge in [-0.25, -0.2) is 8.78 Å². The molecule has 4 aromatic rings. The Bertz CT molecular complexity index is 1950. The molecule has 1 aliphatic carbocycles. The summed E-state index contributed by atoms with van der Waals surface area (Å²) < 4.78 is 49.8. The minimum Gasteiger partial charge on any atom is -0.468 e. The first-order chi connectivity index (χ1) is 23.8. The van der Waals surface area contributed by atoms with Crippen LogP contribution in [0.5, 0.6) is 11.8 Å². The number of pyridine rings is 1. The van der Waals surface area contributed by atoms with Crippen LogP contribution in [-0.4, -0.2) is 83.3 Å². The van der Waals surface area contributed by atoms with Gasteiger partial charge in [-0.05, 0) is 92.4 Å². The number of allylic oxidation sites excluding steroid dienone is 1. The Morgan fingerprint density at radius 2 is 2.00 bits per heavy atom. The van der Waals surface area contributed by atoms with Gasteiger partial charge in [-0.3, -0.25) is 9.88 Å². The van der Waals surface area contributed by atoms with Crippen LogP contribution in [0.3, 0.4) is 0 Å². The van der Waals surface area contributed by atoms with E-state index in [4.69, 9.17) is 24.2 Å². The number of halogens is 2. The number of fused-ring (bicyclic) bond motifs is 5. The van der Waals surface area contributed by atoms with E-state index in [0.29, 0.717) is 70.9 Å². The molecule has 11 heteroatoms. The van der Waals surface area contributed by atoms with Crippen LogP contribution in [0.1, 0.15) is 51.5 Å². The molecule has 4 aliphatic rings. The third-order valence-corrected chi connectivity index (χ3v) is 11.3. The fourth-order valence-electron chi connectivity index (χ4n) is 8.92. The summed E-state index contributed by atoms with van der Waals surface area (Å²) in [6.45, 7) is 7.64. The zero-order valence-electron chi connectivity index (χ0n) is 28.3. The second-order valence-corrected chi connectivity index (χ2v) is 14.2. The number of benzene rings is 2. The molecule has 4 atom stereocenters. The van der Waals surface area contributed by atoms with Crippen LogP contribution in [0.2, 0.25) is 0 Å². The Hall–Kier alpha value is -3.93. The lowest BCUT2D eigenvalue weighted by molar-refractivity contribution is 0.0512. The average Bonchev–Trinajstić information content (AvgIpc) is 3.75. The number of ether oxygens (including phenoxy) is 3. The highest BCUT2D eigenvalue weighted by molar-refractivity contribution is 6.01. The maximum atomic E-state index is 17.2. The lowest BCUT2D eigenvalue weighted by Crippen LogP contribution is -2.43. The van der Waals surface area contributed by atoms with E-state index in [1.807, 2.05) is 6.92 Å². The number of aliphatic hydroxyl groups is 1. The third kappa shape index (κ3) is 5.60. The number of hydrogen-bond donors (Lipinski definition) is 1. The smallest absolute Gasteiger partial charge is 0.319 e. The third-order valence-electron chi connectivity index (χ3n) is 11.3. The molecule has 4 fully saturated rings. The van der Waals surface area contributed by atoms with Crippen LogP contribution in [0.15, 0.2) is 42.1 Å². The van der Waals surface area contributed by atoms with Gasteiger partial charge in [-0.1, -0.05) is 24.6 Å². The normalized spacial score (nSPS) is 26.0. The van der Waals surface area contributed by atoms with Gasteiger partial charge in [-0.2, -0.15) is 9.97 Å². The molecule has 5 heterocycles. The Morgan fingerprint density at radius 1 is 1.12 bits per heavy atom. The Labute approximate surface area is 284 Å². The molecule has 2 bridgehead atoms. The van der Waals surface area contributed by atoms with Gasteiger partial charge in [0, 0.05) is 44.4 Å². The molecule has 3 aliphatic heterocycles. The summed E-state index contributed by atoms with van der Waals surface area (Å²) in [5.74, 6) is 0.459. The lowest BCUT2D eigenvalue weighted by atomic mass is 9.93. The number of aryl methyl sites for hydroxylation is 1. The van der Waals surface area contributed by atoms with Crippen molar-refractivity contribution in [1.82, 2.24) is 19.9 Å². The monoisotopic (exact) mass is 671 g/mol. The van der Waals surface area contributed by atoms with Crippen LogP contribution in [0.25, 0.3) is 32.9 Å². The van der Waals surface area contributed by atoms with Crippen molar-refractivity contribution in [3.63, 3.8) is 0 Å². The van der Waals surface area contributed by atoms with Gasteiger partial charge >= 0.3 is 6.01 Å². The molecule has 3 saturated heterocycles. The number of anilines is 1. The second kappa shape index (κ2) is 12.8. The highest BCUT2D eigenvalue weighted by Gasteiger charge is 2.47. The molecule has 4 unspecified atom stereocenters. The van der Waals surface area contributed by atoms with Crippen LogP contribution < -0.4 is 14.4 Å². The number of nitrogens with zero attached hydrogens (tertiary/aromatic N) is 5. The zero-order valence-corrected chi connectivity index (χ0v) is 28.3. The molecule has 0 radical (unpaired) electrons. The summed E-state index contributed by atoms with van der Waals surface area (Å²) in [4.78, 5) is 19.0. The lowest BCUT2D eigenvalue weighted by Gasteiger charge is -2.34. The van der Waals surface area contributed by atoms with Crippen LogP contribution >= 0.6 is 0 Å². The number of hydrogen-bond acceptors (Lipinski definition) is 9. The van der Waals surface area contributed by atoms with E-state index < -0.39 is 5.82 Å². The molecule has 1 N–H and O–H groups in total. The summed E-state index contributed by atoms with van der Waals surface area (Å²) in [6.07, 6.45) is 8.65. The summed E-state index contributed by atoms with van der Waals surface area (Å²) >= 11 is 0. The van der Waals surface area contributed by atoms with Gasteiger partial charge in [0.05, 0.1) is 17.0 Å². The number of piperidine rings is 1. The zero-order chi connectivity index (χ0) is 33.9. The first-order valence-corrected chi connectivity index (χ1v) is 17.5. The highest BCUT2D eigenvalue weighted by Crippen LogP contribution is 2.44. The van der Waals surface area contributed by atoms with E-state index >= 15 is 8.78 Å². The van der Waals surface area contributed by atoms with Crippen molar-refractivity contribution >= 4 is 27.5 Å². The van der Waals surface area contributed by atoms with E-state index in [1.54, 1.807) is 24.4 Å². The Morgan fingerprint density at radius 3 is 2.80 bits per heavy atom. The molecule has 1 saturated carbocycles. The van der Waals surface area contributed by atoms with E-state index in [9.17, 15) is 5.11 Å². The van der Waals surface area contributed by atoms with Crippen molar-refractivity contribution in [3.8, 4) is 23.0 Å². The predicted molar refractivity (Wildman–Crippen MR) is 184 cm³/mol. The molecule has 2 aromatic carbocycles. The largest absolute Gasteiger partial charge is 0.468 e. The highest BCUT2D eigenvalue weighted by atomic mass is 19.1. The van der Waals surface area contributed by atoms with Crippen LogP contribution in [-0.2, 0) is 11.2 Å². The van der Waals surface area contributed by atoms with Crippen molar-refractivity contribution in [1.29, 1.82) is 0 Å². The molecule has 8 rings (SSSR count). The molecule has 0 amide bonds. The fraction of sp³-hybridized carbons (Fsp3) is 0.500. The van der Waals surface area contributed by atoms with E-state index in [2.05, 4.69) is 27.8 Å². The quantitative estimate of drug-likeness (QED) is 0.160. The van der Waals surface area contributed by atoms with Crippen molar-refractivity contribution in [2.45, 2.75) is 64.0 Å². The Kier molecular flexibility index (Phi) is 8.40.